The third-order valence-corrected chi connectivity index (χ3v) is 3.38. The van der Waals surface area contributed by atoms with Crippen LogP contribution in [0.15, 0.2) is 48.2 Å². The van der Waals surface area contributed by atoms with Crippen LogP contribution in [0, 0.1) is 11.8 Å². The summed E-state index contributed by atoms with van der Waals surface area (Å²) in [6.45, 7) is 0. The molecule has 0 aromatic rings. The van der Waals surface area contributed by atoms with Crippen molar-refractivity contribution >= 4 is 5.97 Å². The second-order valence-electron chi connectivity index (χ2n) is 4.14. The summed E-state index contributed by atoms with van der Waals surface area (Å²) in [5.74, 6) is 0.0237. The highest BCUT2D eigenvalue weighted by Gasteiger charge is 2.65. The number of allylic oxidation sites excluding steroid dienone is 3. The average molecular weight is 201 g/mol. The van der Waals surface area contributed by atoms with Crippen LogP contribution in [-0.2, 0) is 4.79 Å². The largest absolute Gasteiger partial charge is 0.478 e. The van der Waals surface area contributed by atoms with E-state index in [1.54, 1.807) is 6.08 Å². The van der Waals surface area contributed by atoms with E-state index < -0.39 is 5.97 Å². The number of carboxylic acids is 1. The minimum absolute atomic E-state index is 0.0624. The van der Waals surface area contributed by atoms with Gasteiger partial charge >= 0.3 is 5.97 Å². The van der Waals surface area contributed by atoms with Gasteiger partial charge in [0.15, 0.2) is 0 Å². The Morgan fingerprint density at radius 1 is 1.53 bits per heavy atom. The van der Waals surface area contributed by atoms with Crippen LogP contribution in [0.2, 0.25) is 0 Å². The normalized spacial score (nSPS) is 39.6. The van der Waals surface area contributed by atoms with E-state index in [-0.39, 0.29) is 5.54 Å². The summed E-state index contributed by atoms with van der Waals surface area (Å²) in [4.78, 5) is 10.4. The van der Waals surface area contributed by atoms with E-state index in [9.17, 15) is 4.79 Å². The van der Waals surface area contributed by atoms with Crippen molar-refractivity contribution in [2.24, 2.45) is 11.8 Å². The molecule has 1 saturated carbocycles. The van der Waals surface area contributed by atoms with Crippen molar-refractivity contribution in [1.82, 2.24) is 5.32 Å². The standard InChI is InChI=1S/C12H11NO2/c14-10(15)5-4-8-7-13-12-6-2-1-3-9(12)11(8)12/h1-7,9,11,13H,(H,14,15)/b5-4+. The van der Waals surface area contributed by atoms with E-state index in [2.05, 4.69) is 23.5 Å². The van der Waals surface area contributed by atoms with E-state index in [4.69, 9.17) is 5.11 Å². The smallest absolute Gasteiger partial charge is 0.328 e. The number of hydrogen-bond donors (Lipinski definition) is 2. The maximum Gasteiger partial charge on any atom is 0.328 e. The molecule has 15 heavy (non-hydrogen) atoms. The number of fused-ring (bicyclic) bond motifs is 1. The molecule has 76 valence electrons. The van der Waals surface area contributed by atoms with Crippen molar-refractivity contribution in [3.05, 3.63) is 48.2 Å². The first-order chi connectivity index (χ1) is 7.24. The Labute approximate surface area is 87.5 Å². The van der Waals surface area contributed by atoms with E-state index in [1.807, 2.05) is 12.3 Å². The van der Waals surface area contributed by atoms with Gasteiger partial charge in [-0.15, -0.1) is 0 Å². The topological polar surface area (TPSA) is 49.3 Å². The molecular formula is C12H11NO2. The number of nitrogens with one attached hydrogen (secondary N) is 1. The molecule has 1 fully saturated rings. The van der Waals surface area contributed by atoms with Gasteiger partial charge in [-0.2, -0.15) is 0 Å². The molecule has 3 nitrogen and oxygen atoms in total. The zero-order chi connectivity index (χ0) is 10.5. The molecule has 3 atom stereocenters. The number of carbonyl (C=O) groups is 1. The average Bonchev–Trinajstić information content (AvgIpc) is 2.76. The Balaban J connectivity index is 1.83. The van der Waals surface area contributed by atoms with Crippen molar-refractivity contribution in [1.29, 1.82) is 0 Å². The summed E-state index contributed by atoms with van der Waals surface area (Å²) in [7, 11) is 0. The molecule has 0 amide bonds. The van der Waals surface area contributed by atoms with Gasteiger partial charge in [0.05, 0.1) is 5.54 Å². The summed E-state index contributed by atoms with van der Waals surface area (Å²) in [5.41, 5.74) is 1.14. The fourth-order valence-electron chi connectivity index (χ4n) is 2.65. The van der Waals surface area contributed by atoms with E-state index >= 15 is 0 Å². The minimum Gasteiger partial charge on any atom is -0.478 e. The molecule has 2 aliphatic carbocycles. The number of hydrogen-bond acceptors (Lipinski definition) is 2. The van der Waals surface area contributed by atoms with Gasteiger partial charge in [-0.05, 0) is 11.6 Å². The van der Waals surface area contributed by atoms with Crippen molar-refractivity contribution in [3.63, 3.8) is 0 Å². The third kappa shape index (κ3) is 1.03. The summed E-state index contributed by atoms with van der Waals surface area (Å²) >= 11 is 0. The molecule has 0 saturated heterocycles. The fourth-order valence-corrected chi connectivity index (χ4v) is 2.65. The van der Waals surface area contributed by atoms with Crippen LogP contribution in [0.1, 0.15) is 0 Å². The van der Waals surface area contributed by atoms with E-state index in [0.29, 0.717) is 11.8 Å². The summed E-state index contributed by atoms with van der Waals surface area (Å²) in [6.07, 6.45) is 13.2. The van der Waals surface area contributed by atoms with Gasteiger partial charge in [0, 0.05) is 24.1 Å². The Kier molecular flexibility index (Phi) is 1.49. The molecule has 3 heteroatoms. The molecule has 3 aliphatic rings. The van der Waals surface area contributed by atoms with Crippen LogP contribution in [-0.4, -0.2) is 16.6 Å². The molecule has 3 unspecified atom stereocenters. The Morgan fingerprint density at radius 3 is 3.13 bits per heavy atom. The summed E-state index contributed by atoms with van der Waals surface area (Å²) in [6, 6.07) is 0. The van der Waals surface area contributed by atoms with Crippen LogP contribution in [0.4, 0.5) is 0 Å². The van der Waals surface area contributed by atoms with Crippen LogP contribution < -0.4 is 5.32 Å². The lowest BCUT2D eigenvalue weighted by atomic mass is 10.1. The first-order valence-corrected chi connectivity index (χ1v) is 4.99. The van der Waals surface area contributed by atoms with Gasteiger partial charge in [0.25, 0.3) is 0 Å². The quantitative estimate of drug-likeness (QED) is 0.660. The Morgan fingerprint density at radius 2 is 2.40 bits per heavy atom. The highest BCUT2D eigenvalue weighted by atomic mass is 16.4. The number of carboxylic acid groups (broad SMARTS) is 1. The number of rotatable bonds is 2. The van der Waals surface area contributed by atoms with Gasteiger partial charge in [0.2, 0.25) is 0 Å². The lowest BCUT2D eigenvalue weighted by molar-refractivity contribution is -0.131. The van der Waals surface area contributed by atoms with Crippen molar-refractivity contribution in [2.45, 2.75) is 5.54 Å². The monoisotopic (exact) mass is 201 g/mol. The first kappa shape index (κ1) is 8.53. The van der Waals surface area contributed by atoms with E-state index in [0.717, 1.165) is 5.57 Å². The molecule has 1 heterocycles. The maximum atomic E-state index is 10.4. The predicted octanol–water partition coefficient (Wildman–Crippen LogP) is 1.23. The molecule has 0 aromatic heterocycles. The van der Waals surface area contributed by atoms with E-state index in [1.165, 1.54) is 6.08 Å². The molecule has 0 aromatic carbocycles. The van der Waals surface area contributed by atoms with Crippen molar-refractivity contribution < 1.29 is 9.90 Å². The van der Waals surface area contributed by atoms with Crippen LogP contribution in [0.5, 0.6) is 0 Å². The fraction of sp³-hybridized carbons (Fsp3) is 0.250. The zero-order valence-electron chi connectivity index (χ0n) is 8.05. The highest BCUT2D eigenvalue weighted by Crippen LogP contribution is 2.60. The first-order valence-electron chi connectivity index (χ1n) is 4.99. The predicted molar refractivity (Wildman–Crippen MR) is 56.0 cm³/mol. The van der Waals surface area contributed by atoms with Crippen molar-refractivity contribution in [2.75, 3.05) is 0 Å². The summed E-state index contributed by atoms with van der Waals surface area (Å²) in [5, 5.41) is 11.9. The maximum absolute atomic E-state index is 10.4. The van der Waals surface area contributed by atoms with Gasteiger partial charge in [-0.25, -0.2) is 4.79 Å². The summed E-state index contributed by atoms with van der Waals surface area (Å²) < 4.78 is 0. The molecule has 0 bridgehead atoms. The van der Waals surface area contributed by atoms with Gasteiger partial charge < -0.3 is 10.4 Å². The van der Waals surface area contributed by atoms with Gasteiger partial charge in [-0.1, -0.05) is 24.3 Å². The van der Waals surface area contributed by atoms with Gasteiger partial charge in [0.1, 0.15) is 0 Å². The SMILES string of the molecule is O=C(O)/C=C/C1=CNC23C=CC=CC2C13. The Bertz CT molecular complexity index is 445. The molecule has 1 aliphatic heterocycles. The van der Waals surface area contributed by atoms with Crippen molar-refractivity contribution in [3.8, 4) is 0 Å². The highest BCUT2D eigenvalue weighted by molar-refractivity contribution is 5.80. The zero-order valence-corrected chi connectivity index (χ0v) is 8.05. The molecule has 0 radical (unpaired) electrons. The van der Waals surface area contributed by atoms with Crippen LogP contribution in [0.25, 0.3) is 0 Å². The van der Waals surface area contributed by atoms with Crippen LogP contribution >= 0.6 is 0 Å². The molecule has 3 rings (SSSR count). The third-order valence-electron chi connectivity index (χ3n) is 3.38. The van der Waals surface area contributed by atoms with Crippen LogP contribution in [0.3, 0.4) is 0 Å². The molecule has 1 spiro atoms. The second kappa shape index (κ2) is 2.63. The lowest BCUT2D eigenvalue weighted by Gasteiger charge is -2.11. The lowest BCUT2D eigenvalue weighted by Crippen LogP contribution is -2.25. The minimum atomic E-state index is -0.897. The second-order valence-corrected chi connectivity index (χ2v) is 4.14. The number of aliphatic carboxylic acids is 1. The van der Waals surface area contributed by atoms with Gasteiger partial charge in [-0.3, -0.25) is 0 Å². The Hall–Kier alpha value is -1.77. The molecular weight excluding hydrogens is 190 g/mol. The molecule has 2 N–H and O–H groups in total.